The maximum Gasteiger partial charge on any atom is 0.0108 e. The first kappa shape index (κ1) is 18.2. The molecule has 3 rings (SSSR count). The van der Waals surface area contributed by atoms with Gasteiger partial charge in [-0.15, -0.1) is 30.3 Å². The molecule has 1 aliphatic rings. The Kier molecular flexibility index (Phi) is 9.65. The third-order valence-corrected chi connectivity index (χ3v) is 2.85. The average molecular weight is 349 g/mol. The van der Waals surface area contributed by atoms with Crippen molar-refractivity contribution in [1.29, 1.82) is 0 Å². The summed E-state index contributed by atoms with van der Waals surface area (Å²) in [5, 5.41) is 0. The minimum Gasteiger partial charge on any atom is -0.213 e. The van der Waals surface area contributed by atoms with Gasteiger partial charge in [0.05, 0.1) is 0 Å². The van der Waals surface area contributed by atoms with Crippen molar-refractivity contribution < 1.29 is 26.2 Å². The van der Waals surface area contributed by atoms with Crippen molar-refractivity contribution in [2.24, 2.45) is 0 Å². The second kappa shape index (κ2) is 10.1. The van der Waals surface area contributed by atoms with E-state index in [1.165, 1.54) is 23.1 Å². The SMILES string of the molecule is C1=CC([c-]2cccc2)c2ccccc21.C=C.CCl.[Zr]. The maximum atomic E-state index is 4.64. The van der Waals surface area contributed by atoms with Crippen molar-refractivity contribution in [3.8, 4) is 0 Å². The summed E-state index contributed by atoms with van der Waals surface area (Å²) in [5.74, 6) is 0.473. The quantitative estimate of drug-likeness (QED) is 0.376. The molecular weight excluding hydrogens is 331 g/mol. The zero-order valence-electron chi connectivity index (χ0n) is 11.1. The first-order valence-corrected chi connectivity index (χ1v) is 6.57. The number of halogens is 1. The van der Waals surface area contributed by atoms with Gasteiger partial charge in [0.25, 0.3) is 0 Å². The molecule has 1 atom stereocenters. The van der Waals surface area contributed by atoms with Crippen molar-refractivity contribution in [1.82, 2.24) is 0 Å². The van der Waals surface area contributed by atoms with Gasteiger partial charge < -0.3 is 0 Å². The molecule has 0 bridgehead atoms. The fourth-order valence-electron chi connectivity index (χ4n) is 2.14. The van der Waals surface area contributed by atoms with E-state index < -0.39 is 0 Å². The molecule has 19 heavy (non-hydrogen) atoms. The van der Waals surface area contributed by atoms with E-state index in [0.29, 0.717) is 5.92 Å². The minimum absolute atomic E-state index is 0. The third kappa shape index (κ3) is 4.37. The summed E-state index contributed by atoms with van der Waals surface area (Å²) in [4.78, 5) is 0. The van der Waals surface area contributed by atoms with Gasteiger partial charge in [0, 0.05) is 32.6 Å². The molecule has 98 valence electrons. The van der Waals surface area contributed by atoms with E-state index in [1.54, 1.807) is 0 Å². The summed E-state index contributed by atoms with van der Waals surface area (Å²) in [7, 11) is 0. The van der Waals surface area contributed by atoms with Crippen molar-refractivity contribution in [2.45, 2.75) is 5.92 Å². The Bertz CT molecular complexity index is 486. The molecule has 0 aliphatic heterocycles. The van der Waals surface area contributed by atoms with E-state index in [2.05, 4.69) is 85.4 Å². The Morgan fingerprint density at radius 3 is 2.21 bits per heavy atom. The molecule has 0 saturated carbocycles. The topological polar surface area (TPSA) is 0 Å². The molecule has 2 aromatic carbocycles. The monoisotopic (exact) mass is 347 g/mol. The molecule has 0 fully saturated rings. The van der Waals surface area contributed by atoms with Crippen LogP contribution in [-0.2, 0) is 26.2 Å². The Morgan fingerprint density at radius 2 is 1.58 bits per heavy atom. The van der Waals surface area contributed by atoms with Gasteiger partial charge in [0.15, 0.2) is 0 Å². The largest absolute Gasteiger partial charge is 0.213 e. The predicted molar refractivity (Wildman–Crippen MR) is 82.4 cm³/mol. The molecule has 1 unspecified atom stereocenters. The summed E-state index contributed by atoms with van der Waals surface area (Å²) in [6.07, 6.45) is 5.97. The smallest absolute Gasteiger partial charge is 0.0108 e. The van der Waals surface area contributed by atoms with Crippen LogP contribution in [0.3, 0.4) is 0 Å². The minimum atomic E-state index is 0. The number of benzene rings is 1. The molecule has 1 aliphatic carbocycles. The Balaban J connectivity index is 0.000000597. The first-order chi connectivity index (χ1) is 8.95. The first-order valence-electron chi connectivity index (χ1n) is 5.82. The Labute approximate surface area is 140 Å². The molecule has 0 saturated heterocycles. The summed E-state index contributed by atoms with van der Waals surface area (Å²) in [5.41, 5.74) is 4.18. The van der Waals surface area contributed by atoms with E-state index >= 15 is 0 Å². The summed E-state index contributed by atoms with van der Waals surface area (Å²) < 4.78 is 0. The van der Waals surface area contributed by atoms with Crippen molar-refractivity contribution >= 4 is 17.7 Å². The Hall–Kier alpha value is -0.777. The Morgan fingerprint density at radius 1 is 1.00 bits per heavy atom. The fraction of sp³-hybridized carbons (Fsp3) is 0.118. The average Bonchev–Trinajstić information content (AvgIpc) is 3.12. The second-order valence-electron chi connectivity index (χ2n) is 3.68. The van der Waals surface area contributed by atoms with Crippen LogP contribution in [0.15, 0.2) is 67.8 Å². The summed E-state index contributed by atoms with van der Waals surface area (Å²) >= 11 is 4.64. The number of allylic oxidation sites excluding steroid dienone is 1. The number of hydrogen-bond acceptors (Lipinski definition) is 0. The van der Waals surface area contributed by atoms with Gasteiger partial charge in [0.1, 0.15) is 0 Å². The molecule has 0 spiro atoms. The van der Waals surface area contributed by atoms with Crippen LogP contribution in [0.4, 0.5) is 0 Å². The van der Waals surface area contributed by atoms with Crippen LogP contribution in [0.25, 0.3) is 6.08 Å². The van der Waals surface area contributed by atoms with Gasteiger partial charge in [-0.25, -0.2) is 12.1 Å². The molecule has 0 radical (unpaired) electrons. The maximum absolute atomic E-state index is 4.64. The van der Waals surface area contributed by atoms with Crippen LogP contribution in [0.2, 0.25) is 0 Å². The van der Waals surface area contributed by atoms with Crippen LogP contribution < -0.4 is 0 Å². The zero-order valence-corrected chi connectivity index (χ0v) is 14.4. The van der Waals surface area contributed by atoms with E-state index in [0.717, 1.165) is 0 Å². The van der Waals surface area contributed by atoms with E-state index in [-0.39, 0.29) is 26.2 Å². The van der Waals surface area contributed by atoms with Crippen molar-refractivity contribution in [3.05, 3.63) is 84.5 Å². The number of alkyl halides is 1. The molecule has 0 nitrogen and oxygen atoms in total. The second-order valence-corrected chi connectivity index (χ2v) is 3.68. The van der Waals surface area contributed by atoms with Gasteiger partial charge in [-0.05, 0) is 17.0 Å². The molecule has 2 heteroatoms. The van der Waals surface area contributed by atoms with Gasteiger partial charge in [-0.2, -0.15) is 12.1 Å². The molecule has 0 N–H and O–H groups in total. The third-order valence-electron chi connectivity index (χ3n) is 2.85. The van der Waals surface area contributed by atoms with Crippen LogP contribution in [0.5, 0.6) is 0 Å². The standard InChI is InChI=1S/C14H11.C2H4.CH3Cl.Zr/c1-2-6-11(5-1)14-10-9-12-7-3-4-8-13(12)14;2*1-2;/h1-10,14H;1-2H2;1H3;/q-1;;;. The molecule has 0 heterocycles. The van der Waals surface area contributed by atoms with Crippen LogP contribution >= 0.6 is 11.6 Å². The molecule has 0 aromatic heterocycles. The fourth-order valence-corrected chi connectivity index (χ4v) is 2.14. The number of fused-ring (bicyclic) bond motifs is 1. The van der Waals surface area contributed by atoms with Crippen molar-refractivity contribution in [3.63, 3.8) is 0 Å². The van der Waals surface area contributed by atoms with Gasteiger partial charge in [0.2, 0.25) is 0 Å². The molecule has 0 amide bonds. The van der Waals surface area contributed by atoms with E-state index in [1.807, 2.05) is 0 Å². The van der Waals surface area contributed by atoms with Gasteiger partial charge in [-0.1, -0.05) is 36.4 Å². The van der Waals surface area contributed by atoms with Crippen LogP contribution in [0.1, 0.15) is 22.6 Å². The predicted octanol–water partition coefficient (Wildman–Crippen LogP) is 5.22. The van der Waals surface area contributed by atoms with Crippen LogP contribution in [-0.4, -0.2) is 6.38 Å². The summed E-state index contributed by atoms with van der Waals surface area (Å²) in [6, 6.07) is 17.2. The van der Waals surface area contributed by atoms with Gasteiger partial charge >= 0.3 is 0 Å². The molecular formula is C17H18ClZr-. The summed E-state index contributed by atoms with van der Waals surface area (Å²) in [6.45, 7) is 6.00. The van der Waals surface area contributed by atoms with Crippen LogP contribution in [0, 0.1) is 0 Å². The van der Waals surface area contributed by atoms with Crippen molar-refractivity contribution in [2.75, 3.05) is 6.38 Å². The normalized spacial score (nSPS) is 14.1. The number of rotatable bonds is 1. The zero-order chi connectivity index (χ0) is 13.4. The molecule has 2 aromatic rings. The van der Waals surface area contributed by atoms with Gasteiger partial charge in [-0.3, -0.25) is 0 Å². The van der Waals surface area contributed by atoms with E-state index in [4.69, 9.17) is 0 Å². The van der Waals surface area contributed by atoms with E-state index in [9.17, 15) is 0 Å². The number of hydrogen-bond donors (Lipinski definition) is 0.